The highest BCUT2D eigenvalue weighted by atomic mass is 16.2. The summed E-state index contributed by atoms with van der Waals surface area (Å²) in [5.41, 5.74) is 5.82. The fourth-order valence-electron chi connectivity index (χ4n) is 1.96. The van der Waals surface area contributed by atoms with E-state index >= 15 is 0 Å². The van der Waals surface area contributed by atoms with Crippen LogP contribution in [0.2, 0.25) is 0 Å². The maximum Gasteiger partial charge on any atom is 0.239 e. The summed E-state index contributed by atoms with van der Waals surface area (Å²) in [4.78, 5) is 13.8. The van der Waals surface area contributed by atoms with E-state index in [0.29, 0.717) is 0 Å². The molecule has 0 saturated carbocycles. The average molecular weight is 198 g/mol. The van der Waals surface area contributed by atoms with Crippen LogP contribution in [0.5, 0.6) is 0 Å². The quantitative estimate of drug-likeness (QED) is 0.747. The molecule has 1 aliphatic heterocycles. The molecule has 1 rings (SSSR count). The molecule has 14 heavy (non-hydrogen) atoms. The molecule has 1 aliphatic rings. The average Bonchev–Trinajstić information content (AvgIpc) is 2.45. The standard InChI is InChI=1S/C11H22N2O/c1-2-7-10(12)11(14)13-8-5-3-4-6-9-13/h10H,2-9,12H2,1H3. The summed E-state index contributed by atoms with van der Waals surface area (Å²) in [6, 6.07) is -0.266. The van der Waals surface area contributed by atoms with Crippen LogP contribution >= 0.6 is 0 Å². The molecule has 1 heterocycles. The zero-order valence-corrected chi connectivity index (χ0v) is 9.17. The first kappa shape index (κ1) is 11.5. The van der Waals surface area contributed by atoms with Crippen molar-refractivity contribution in [3.05, 3.63) is 0 Å². The van der Waals surface area contributed by atoms with E-state index in [1.54, 1.807) is 0 Å². The second kappa shape index (κ2) is 6.02. The van der Waals surface area contributed by atoms with Gasteiger partial charge in [-0.05, 0) is 19.3 Å². The summed E-state index contributed by atoms with van der Waals surface area (Å²) >= 11 is 0. The highest BCUT2D eigenvalue weighted by Gasteiger charge is 2.20. The molecule has 0 bridgehead atoms. The Morgan fingerprint density at radius 1 is 1.29 bits per heavy atom. The SMILES string of the molecule is CCCC(N)C(=O)N1CCCCCC1. The predicted molar refractivity (Wildman–Crippen MR) is 57.9 cm³/mol. The molecular formula is C11H22N2O. The molecule has 1 unspecified atom stereocenters. The number of nitrogens with zero attached hydrogens (tertiary/aromatic N) is 1. The molecule has 0 aromatic carbocycles. The van der Waals surface area contributed by atoms with Gasteiger partial charge in [-0.3, -0.25) is 4.79 Å². The first-order valence-corrected chi connectivity index (χ1v) is 5.80. The largest absolute Gasteiger partial charge is 0.341 e. The Morgan fingerprint density at radius 2 is 1.86 bits per heavy atom. The molecular weight excluding hydrogens is 176 g/mol. The molecule has 0 aromatic rings. The second-order valence-corrected chi connectivity index (χ2v) is 4.13. The lowest BCUT2D eigenvalue weighted by molar-refractivity contribution is -0.132. The first-order valence-electron chi connectivity index (χ1n) is 5.80. The van der Waals surface area contributed by atoms with Gasteiger partial charge in [0.05, 0.1) is 6.04 Å². The lowest BCUT2D eigenvalue weighted by atomic mass is 10.1. The smallest absolute Gasteiger partial charge is 0.239 e. The Labute approximate surface area is 86.6 Å². The van der Waals surface area contributed by atoms with Gasteiger partial charge in [0, 0.05) is 13.1 Å². The van der Waals surface area contributed by atoms with E-state index in [-0.39, 0.29) is 11.9 Å². The molecule has 3 heteroatoms. The van der Waals surface area contributed by atoms with E-state index in [2.05, 4.69) is 6.92 Å². The minimum atomic E-state index is -0.266. The van der Waals surface area contributed by atoms with E-state index in [1.165, 1.54) is 12.8 Å². The third kappa shape index (κ3) is 3.29. The molecule has 1 amide bonds. The van der Waals surface area contributed by atoms with Crippen LogP contribution in [0.25, 0.3) is 0 Å². The molecule has 1 fully saturated rings. The third-order valence-electron chi connectivity index (χ3n) is 2.83. The van der Waals surface area contributed by atoms with Crippen molar-refractivity contribution in [2.75, 3.05) is 13.1 Å². The molecule has 0 radical (unpaired) electrons. The summed E-state index contributed by atoms with van der Waals surface area (Å²) < 4.78 is 0. The first-order chi connectivity index (χ1) is 6.75. The Morgan fingerprint density at radius 3 is 2.36 bits per heavy atom. The van der Waals surface area contributed by atoms with Crippen LogP contribution < -0.4 is 5.73 Å². The highest BCUT2D eigenvalue weighted by Crippen LogP contribution is 2.11. The number of hydrogen-bond donors (Lipinski definition) is 1. The molecule has 0 aliphatic carbocycles. The maximum absolute atomic E-state index is 11.8. The Bertz CT molecular complexity index is 174. The van der Waals surface area contributed by atoms with E-state index in [4.69, 9.17) is 5.73 Å². The van der Waals surface area contributed by atoms with Crippen LogP contribution in [-0.2, 0) is 4.79 Å². The summed E-state index contributed by atoms with van der Waals surface area (Å²) in [6.07, 6.45) is 6.60. The van der Waals surface area contributed by atoms with Gasteiger partial charge in [0.2, 0.25) is 5.91 Å². The van der Waals surface area contributed by atoms with Crippen LogP contribution in [0, 0.1) is 0 Å². The fourth-order valence-corrected chi connectivity index (χ4v) is 1.96. The van der Waals surface area contributed by atoms with Crippen molar-refractivity contribution in [2.24, 2.45) is 5.73 Å². The molecule has 3 nitrogen and oxygen atoms in total. The van der Waals surface area contributed by atoms with Crippen molar-refractivity contribution in [3.8, 4) is 0 Å². The minimum absolute atomic E-state index is 0.161. The number of likely N-dealkylation sites (tertiary alicyclic amines) is 1. The van der Waals surface area contributed by atoms with Crippen LogP contribution in [0.15, 0.2) is 0 Å². The van der Waals surface area contributed by atoms with Gasteiger partial charge >= 0.3 is 0 Å². The molecule has 1 atom stereocenters. The van der Waals surface area contributed by atoms with Crippen LogP contribution in [0.3, 0.4) is 0 Å². The van der Waals surface area contributed by atoms with Crippen LogP contribution in [0.4, 0.5) is 0 Å². The number of nitrogens with two attached hydrogens (primary N) is 1. The van der Waals surface area contributed by atoms with Gasteiger partial charge in [-0.25, -0.2) is 0 Å². The van der Waals surface area contributed by atoms with Crippen molar-refractivity contribution in [2.45, 2.75) is 51.5 Å². The van der Waals surface area contributed by atoms with Crippen LogP contribution in [-0.4, -0.2) is 29.9 Å². The number of hydrogen-bond acceptors (Lipinski definition) is 2. The molecule has 2 N–H and O–H groups in total. The summed E-state index contributed by atoms with van der Waals surface area (Å²) in [5.74, 6) is 0.161. The second-order valence-electron chi connectivity index (χ2n) is 4.13. The zero-order chi connectivity index (χ0) is 10.4. The van der Waals surface area contributed by atoms with E-state index in [0.717, 1.165) is 38.8 Å². The summed E-state index contributed by atoms with van der Waals surface area (Å²) in [6.45, 7) is 3.89. The molecule has 0 aromatic heterocycles. The Kier molecular flexibility index (Phi) is 4.94. The lowest BCUT2D eigenvalue weighted by Crippen LogP contribution is -2.44. The topological polar surface area (TPSA) is 46.3 Å². The fraction of sp³-hybridized carbons (Fsp3) is 0.909. The van der Waals surface area contributed by atoms with Crippen molar-refractivity contribution in [1.29, 1.82) is 0 Å². The van der Waals surface area contributed by atoms with Crippen molar-refractivity contribution >= 4 is 5.91 Å². The summed E-state index contributed by atoms with van der Waals surface area (Å²) in [7, 11) is 0. The molecule has 0 spiro atoms. The number of amides is 1. The monoisotopic (exact) mass is 198 g/mol. The number of carbonyl (C=O) groups excluding carboxylic acids is 1. The highest BCUT2D eigenvalue weighted by molar-refractivity contribution is 5.81. The van der Waals surface area contributed by atoms with Gasteiger partial charge < -0.3 is 10.6 Å². The molecule has 82 valence electrons. The van der Waals surface area contributed by atoms with Gasteiger partial charge in [0.1, 0.15) is 0 Å². The van der Waals surface area contributed by atoms with Gasteiger partial charge in [-0.1, -0.05) is 26.2 Å². The molecule has 1 saturated heterocycles. The van der Waals surface area contributed by atoms with Gasteiger partial charge in [0.15, 0.2) is 0 Å². The summed E-state index contributed by atoms with van der Waals surface area (Å²) in [5, 5.41) is 0. The number of rotatable bonds is 3. The van der Waals surface area contributed by atoms with Crippen molar-refractivity contribution < 1.29 is 4.79 Å². The van der Waals surface area contributed by atoms with E-state index in [1.807, 2.05) is 4.90 Å². The van der Waals surface area contributed by atoms with Gasteiger partial charge in [0.25, 0.3) is 0 Å². The normalized spacial score (nSPS) is 20.3. The zero-order valence-electron chi connectivity index (χ0n) is 9.17. The van der Waals surface area contributed by atoms with Crippen molar-refractivity contribution in [1.82, 2.24) is 4.90 Å². The predicted octanol–water partition coefficient (Wildman–Crippen LogP) is 1.52. The van der Waals surface area contributed by atoms with Gasteiger partial charge in [-0.2, -0.15) is 0 Å². The lowest BCUT2D eigenvalue weighted by Gasteiger charge is -2.23. The van der Waals surface area contributed by atoms with E-state index in [9.17, 15) is 4.79 Å². The van der Waals surface area contributed by atoms with Crippen LogP contribution in [0.1, 0.15) is 45.4 Å². The maximum atomic E-state index is 11.8. The Balaban J connectivity index is 2.40. The van der Waals surface area contributed by atoms with E-state index < -0.39 is 0 Å². The Hall–Kier alpha value is -0.570. The number of carbonyl (C=O) groups is 1. The minimum Gasteiger partial charge on any atom is -0.341 e. The van der Waals surface area contributed by atoms with Crippen molar-refractivity contribution in [3.63, 3.8) is 0 Å². The van der Waals surface area contributed by atoms with Gasteiger partial charge in [-0.15, -0.1) is 0 Å². The third-order valence-corrected chi connectivity index (χ3v) is 2.83.